The van der Waals surface area contributed by atoms with Crippen LogP contribution in [0.2, 0.25) is 0 Å². The summed E-state index contributed by atoms with van der Waals surface area (Å²) in [6.45, 7) is 2.75. The number of benzene rings is 1. The zero-order valence-corrected chi connectivity index (χ0v) is 11.9. The maximum Gasteiger partial charge on any atom is 0.225 e. The van der Waals surface area contributed by atoms with Gasteiger partial charge in [-0.15, -0.1) is 0 Å². The van der Waals surface area contributed by atoms with Gasteiger partial charge < -0.3 is 15.5 Å². The van der Waals surface area contributed by atoms with Crippen molar-refractivity contribution in [3.8, 4) is 0 Å². The van der Waals surface area contributed by atoms with E-state index in [1.54, 1.807) is 18.2 Å². The van der Waals surface area contributed by atoms with Crippen molar-refractivity contribution in [2.75, 3.05) is 32.0 Å². The minimum absolute atomic E-state index is 0.147. The second-order valence-corrected chi connectivity index (χ2v) is 5.26. The highest BCUT2D eigenvalue weighted by atomic mass is 19.1. The molecule has 1 aliphatic rings. The van der Waals surface area contributed by atoms with Gasteiger partial charge in [0, 0.05) is 25.6 Å². The Morgan fingerprint density at radius 2 is 2.30 bits per heavy atom. The highest BCUT2D eigenvalue weighted by Crippen LogP contribution is 2.13. The minimum Gasteiger partial charge on any atom is -0.324 e. The molecule has 1 fully saturated rings. The summed E-state index contributed by atoms with van der Waals surface area (Å²) in [6, 6.07) is 6.72. The number of piperidine rings is 1. The highest BCUT2D eigenvalue weighted by Gasteiger charge is 2.18. The quantitative estimate of drug-likeness (QED) is 0.864. The Hall–Kier alpha value is -1.46. The average molecular weight is 279 g/mol. The van der Waals surface area contributed by atoms with Gasteiger partial charge in [-0.3, -0.25) is 4.79 Å². The van der Waals surface area contributed by atoms with E-state index in [4.69, 9.17) is 0 Å². The van der Waals surface area contributed by atoms with Gasteiger partial charge in [0.1, 0.15) is 5.82 Å². The van der Waals surface area contributed by atoms with Crippen LogP contribution in [0, 0.1) is 5.82 Å². The Kier molecular flexibility index (Phi) is 5.49. The van der Waals surface area contributed by atoms with Gasteiger partial charge in [0.15, 0.2) is 0 Å². The maximum atomic E-state index is 13.4. The molecule has 20 heavy (non-hydrogen) atoms. The average Bonchev–Trinajstić information content (AvgIpc) is 2.48. The number of para-hydroxylation sites is 1. The predicted octanol–water partition coefficient (Wildman–Crippen LogP) is 1.84. The summed E-state index contributed by atoms with van der Waals surface area (Å²) >= 11 is 0. The second-order valence-electron chi connectivity index (χ2n) is 5.26. The lowest BCUT2D eigenvalue weighted by Crippen LogP contribution is -2.44. The van der Waals surface area contributed by atoms with Crippen LogP contribution in [0.1, 0.15) is 19.3 Å². The number of nitrogens with zero attached hydrogens (tertiary/aromatic N) is 1. The number of carbonyl (C=O) groups excluding carboxylic acids is 1. The molecular weight excluding hydrogens is 257 g/mol. The van der Waals surface area contributed by atoms with Crippen LogP contribution in [0.25, 0.3) is 0 Å². The molecule has 1 heterocycles. The first-order valence-corrected chi connectivity index (χ1v) is 7.12. The number of nitrogens with one attached hydrogen (secondary N) is 2. The van der Waals surface area contributed by atoms with Gasteiger partial charge in [0.2, 0.25) is 5.91 Å². The molecule has 2 rings (SSSR count). The second kappa shape index (κ2) is 7.36. The third-order valence-corrected chi connectivity index (χ3v) is 3.73. The maximum absolute atomic E-state index is 13.4. The Labute approximate surface area is 119 Å². The fourth-order valence-electron chi connectivity index (χ4n) is 2.45. The molecule has 0 aromatic heterocycles. The zero-order chi connectivity index (χ0) is 14.4. The Bertz CT molecular complexity index is 446. The Morgan fingerprint density at radius 1 is 1.50 bits per heavy atom. The number of hydrogen-bond donors (Lipinski definition) is 2. The lowest BCUT2D eigenvalue weighted by atomic mass is 10.1. The van der Waals surface area contributed by atoms with Crippen LogP contribution in [0.5, 0.6) is 0 Å². The number of amides is 1. The molecule has 0 aliphatic carbocycles. The molecule has 1 saturated heterocycles. The molecule has 1 amide bonds. The van der Waals surface area contributed by atoms with Crippen molar-refractivity contribution < 1.29 is 9.18 Å². The van der Waals surface area contributed by atoms with Gasteiger partial charge in [-0.25, -0.2) is 4.39 Å². The molecule has 1 aliphatic heterocycles. The molecule has 0 bridgehead atoms. The van der Waals surface area contributed by atoms with E-state index in [9.17, 15) is 9.18 Å². The van der Waals surface area contributed by atoms with E-state index in [0.717, 1.165) is 13.1 Å². The van der Waals surface area contributed by atoms with Crippen LogP contribution >= 0.6 is 0 Å². The number of hydrogen-bond acceptors (Lipinski definition) is 3. The first kappa shape index (κ1) is 14.9. The molecule has 1 atom stereocenters. The molecule has 110 valence electrons. The smallest absolute Gasteiger partial charge is 0.225 e. The van der Waals surface area contributed by atoms with Gasteiger partial charge in [0.05, 0.1) is 5.69 Å². The van der Waals surface area contributed by atoms with Gasteiger partial charge >= 0.3 is 0 Å². The molecule has 1 aromatic carbocycles. The molecule has 2 N–H and O–H groups in total. The molecule has 4 nitrogen and oxygen atoms in total. The fourth-order valence-corrected chi connectivity index (χ4v) is 2.45. The van der Waals surface area contributed by atoms with Crippen LogP contribution < -0.4 is 10.6 Å². The minimum atomic E-state index is -0.398. The SMILES string of the molecule is CN(CCC(=O)Nc1ccccc1F)C1CCCNC1. The first-order valence-electron chi connectivity index (χ1n) is 7.12. The fraction of sp³-hybridized carbons (Fsp3) is 0.533. The summed E-state index contributed by atoms with van der Waals surface area (Å²) in [4.78, 5) is 14.0. The lowest BCUT2D eigenvalue weighted by molar-refractivity contribution is -0.116. The van der Waals surface area contributed by atoms with Gasteiger partial charge in [0.25, 0.3) is 0 Å². The van der Waals surface area contributed by atoms with E-state index in [1.165, 1.54) is 18.9 Å². The monoisotopic (exact) mass is 279 g/mol. The van der Waals surface area contributed by atoms with Crippen molar-refractivity contribution in [3.63, 3.8) is 0 Å². The van der Waals surface area contributed by atoms with E-state index in [0.29, 0.717) is 19.0 Å². The van der Waals surface area contributed by atoms with E-state index in [-0.39, 0.29) is 11.6 Å². The van der Waals surface area contributed by atoms with Crippen molar-refractivity contribution >= 4 is 11.6 Å². The number of rotatable bonds is 5. The Balaban J connectivity index is 1.76. The summed E-state index contributed by atoms with van der Waals surface area (Å²) in [5.74, 6) is -0.545. The number of likely N-dealkylation sites (N-methyl/N-ethyl adjacent to an activating group) is 1. The van der Waals surface area contributed by atoms with Crippen LogP contribution in [0.3, 0.4) is 0 Å². The van der Waals surface area contributed by atoms with Gasteiger partial charge in [-0.05, 0) is 38.6 Å². The van der Waals surface area contributed by atoms with Gasteiger partial charge in [-0.1, -0.05) is 12.1 Å². The van der Waals surface area contributed by atoms with Crippen LogP contribution in [0.15, 0.2) is 24.3 Å². The standard InChI is InChI=1S/C15H22FN3O/c1-19(12-5-4-9-17-11-12)10-8-15(20)18-14-7-3-2-6-13(14)16/h2-3,6-7,12,17H,4-5,8-11H2,1H3,(H,18,20). The van der Waals surface area contributed by atoms with Crippen molar-refractivity contribution in [1.29, 1.82) is 0 Å². The lowest BCUT2D eigenvalue weighted by Gasteiger charge is -2.31. The third kappa shape index (κ3) is 4.28. The van der Waals surface area contributed by atoms with Crippen molar-refractivity contribution in [3.05, 3.63) is 30.1 Å². The molecular formula is C15H22FN3O. The summed E-state index contributed by atoms with van der Waals surface area (Å²) < 4.78 is 13.4. The summed E-state index contributed by atoms with van der Waals surface area (Å²) in [6.07, 6.45) is 2.72. The third-order valence-electron chi connectivity index (χ3n) is 3.73. The molecule has 1 unspecified atom stereocenters. The summed E-state index contributed by atoms with van der Waals surface area (Å²) in [5, 5.41) is 5.97. The number of anilines is 1. The van der Waals surface area contributed by atoms with Gasteiger partial charge in [-0.2, -0.15) is 0 Å². The summed E-state index contributed by atoms with van der Waals surface area (Å²) in [5.41, 5.74) is 0.250. The van der Waals surface area contributed by atoms with E-state index in [2.05, 4.69) is 15.5 Å². The van der Waals surface area contributed by atoms with E-state index < -0.39 is 5.82 Å². The van der Waals surface area contributed by atoms with E-state index in [1.807, 2.05) is 7.05 Å². The number of halogens is 1. The van der Waals surface area contributed by atoms with Crippen molar-refractivity contribution in [2.24, 2.45) is 0 Å². The summed E-state index contributed by atoms with van der Waals surface area (Å²) in [7, 11) is 2.04. The first-order chi connectivity index (χ1) is 9.66. The molecule has 0 spiro atoms. The molecule has 0 saturated carbocycles. The van der Waals surface area contributed by atoms with Crippen LogP contribution in [-0.4, -0.2) is 43.5 Å². The van der Waals surface area contributed by atoms with Crippen LogP contribution in [0.4, 0.5) is 10.1 Å². The predicted molar refractivity (Wildman–Crippen MR) is 78.2 cm³/mol. The Morgan fingerprint density at radius 3 is 3.00 bits per heavy atom. The zero-order valence-electron chi connectivity index (χ0n) is 11.9. The molecule has 1 aromatic rings. The van der Waals surface area contributed by atoms with Crippen LogP contribution in [-0.2, 0) is 4.79 Å². The van der Waals surface area contributed by atoms with Crippen molar-refractivity contribution in [1.82, 2.24) is 10.2 Å². The normalized spacial score (nSPS) is 19.1. The highest BCUT2D eigenvalue weighted by molar-refractivity contribution is 5.90. The largest absolute Gasteiger partial charge is 0.324 e. The molecule has 0 radical (unpaired) electrons. The van der Waals surface area contributed by atoms with Crippen molar-refractivity contribution in [2.45, 2.75) is 25.3 Å². The van der Waals surface area contributed by atoms with E-state index >= 15 is 0 Å². The number of carbonyl (C=O) groups is 1. The topological polar surface area (TPSA) is 44.4 Å². The molecule has 5 heteroatoms.